The lowest BCUT2D eigenvalue weighted by atomic mass is 10.2. The van der Waals surface area contributed by atoms with Crippen LogP contribution in [0.1, 0.15) is 12.5 Å². The van der Waals surface area contributed by atoms with E-state index in [-0.39, 0.29) is 5.75 Å². The molecular weight excluding hydrogens is 312 g/mol. The Morgan fingerprint density at radius 2 is 1.91 bits per heavy atom. The molecule has 0 amide bonds. The highest BCUT2D eigenvalue weighted by atomic mass is 32.2. The number of hydrogen-bond donors (Lipinski definition) is 1. The normalized spacial score (nSPS) is 10.7. The van der Waals surface area contributed by atoms with Crippen molar-refractivity contribution in [2.75, 3.05) is 6.61 Å². The third-order valence-electron chi connectivity index (χ3n) is 3.16. The van der Waals surface area contributed by atoms with Gasteiger partial charge in [-0.3, -0.25) is 0 Å². The summed E-state index contributed by atoms with van der Waals surface area (Å²) in [7, 11) is 0. The van der Waals surface area contributed by atoms with Crippen molar-refractivity contribution in [1.29, 1.82) is 0 Å². The number of para-hydroxylation sites is 1. The molecule has 0 aliphatic heterocycles. The van der Waals surface area contributed by atoms with E-state index >= 15 is 0 Å². The summed E-state index contributed by atoms with van der Waals surface area (Å²) in [4.78, 5) is 0. The first kappa shape index (κ1) is 15.4. The number of nitrogens with zero attached hydrogens (tertiary/aromatic N) is 4. The Balaban J connectivity index is 1.77. The molecule has 1 aromatic heterocycles. The minimum atomic E-state index is 0.210. The largest absolute Gasteiger partial charge is 0.508 e. The van der Waals surface area contributed by atoms with Crippen LogP contribution in [-0.4, -0.2) is 31.9 Å². The number of phenols is 1. The number of tetrazole rings is 1. The number of ether oxygens (including phenoxy) is 1. The van der Waals surface area contributed by atoms with Gasteiger partial charge in [0, 0.05) is 11.3 Å². The van der Waals surface area contributed by atoms with Crippen molar-refractivity contribution >= 4 is 11.8 Å². The van der Waals surface area contributed by atoms with Gasteiger partial charge in [0.25, 0.3) is 0 Å². The number of rotatable bonds is 6. The van der Waals surface area contributed by atoms with Crippen molar-refractivity contribution in [3.8, 4) is 17.2 Å². The third-order valence-corrected chi connectivity index (χ3v) is 4.13. The van der Waals surface area contributed by atoms with E-state index in [0.29, 0.717) is 17.5 Å². The second-order valence-electron chi connectivity index (χ2n) is 4.72. The first-order valence-electron chi connectivity index (χ1n) is 7.19. The summed E-state index contributed by atoms with van der Waals surface area (Å²) in [5, 5.41) is 21.9. The lowest BCUT2D eigenvalue weighted by Crippen LogP contribution is -1.99. The first-order valence-corrected chi connectivity index (χ1v) is 8.18. The molecule has 0 saturated carbocycles. The first-order chi connectivity index (χ1) is 11.3. The molecular formula is C16H16N4O2S. The van der Waals surface area contributed by atoms with Crippen LogP contribution in [0.5, 0.6) is 11.5 Å². The average molecular weight is 328 g/mol. The van der Waals surface area contributed by atoms with Gasteiger partial charge in [-0.1, -0.05) is 30.0 Å². The zero-order valence-electron chi connectivity index (χ0n) is 12.6. The van der Waals surface area contributed by atoms with Gasteiger partial charge in [-0.15, -0.1) is 5.10 Å². The molecule has 0 radical (unpaired) electrons. The lowest BCUT2D eigenvalue weighted by molar-refractivity contribution is 0.337. The summed E-state index contributed by atoms with van der Waals surface area (Å²) in [6, 6.07) is 14.7. The zero-order valence-corrected chi connectivity index (χ0v) is 13.4. The van der Waals surface area contributed by atoms with E-state index in [1.54, 1.807) is 28.9 Å². The second kappa shape index (κ2) is 7.15. The summed E-state index contributed by atoms with van der Waals surface area (Å²) < 4.78 is 7.28. The van der Waals surface area contributed by atoms with E-state index in [1.807, 2.05) is 31.2 Å². The minimum absolute atomic E-state index is 0.210. The topological polar surface area (TPSA) is 73.1 Å². The van der Waals surface area contributed by atoms with Crippen molar-refractivity contribution in [3.63, 3.8) is 0 Å². The van der Waals surface area contributed by atoms with Crippen LogP contribution in [0, 0.1) is 0 Å². The Bertz CT molecular complexity index is 774. The van der Waals surface area contributed by atoms with E-state index in [4.69, 9.17) is 4.74 Å². The molecule has 118 valence electrons. The van der Waals surface area contributed by atoms with Crippen molar-refractivity contribution in [2.45, 2.75) is 17.8 Å². The predicted octanol–water partition coefficient (Wildman–Crippen LogP) is 3.06. The van der Waals surface area contributed by atoms with Crippen LogP contribution in [0.15, 0.2) is 53.7 Å². The minimum Gasteiger partial charge on any atom is -0.508 e. The molecule has 1 N–H and O–H groups in total. The van der Waals surface area contributed by atoms with Crippen LogP contribution >= 0.6 is 11.8 Å². The van der Waals surface area contributed by atoms with Gasteiger partial charge in [0.15, 0.2) is 0 Å². The number of hydrogen-bond acceptors (Lipinski definition) is 6. The summed E-state index contributed by atoms with van der Waals surface area (Å²) in [5.41, 5.74) is 1.90. The van der Waals surface area contributed by atoms with Gasteiger partial charge in [-0.05, 0) is 47.7 Å². The molecule has 0 aliphatic carbocycles. The number of aromatic nitrogens is 4. The molecule has 0 aliphatic rings. The Kier molecular flexibility index (Phi) is 4.77. The van der Waals surface area contributed by atoms with Crippen molar-refractivity contribution in [2.24, 2.45) is 0 Å². The molecule has 3 aromatic rings. The van der Waals surface area contributed by atoms with Gasteiger partial charge in [0.1, 0.15) is 11.5 Å². The Hall–Kier alpha value is -2.54. The van der Waals surface area contributed by atoms with Crippen LogP contribution in [0.4, 0.5) is 0 Å². The van der Waals surface area contributed by atoms with E-state index in [1.165, 1.54) is 11.8 Å². The Labute approximate surface area is 138 Å². The third kappa shape index (κ3) is 3.62. The van der Waals surface area contributed by atoms with Crippen LogP contribution < -0.4 is 4.74 Å². The number of aromatic hydroxyl groups is 1. The fourth-order valence-electron chi connectivity index (χ4n) is 2.09. The summed E-state index contributed by atoms with van der Waals surface area (Å²) in [6.07, 6.45) is 0. The van der Waals surface area contributed by atoms with Gasteiger partial charge in [-0.25, -0.2) is 0 Å². The fourth-order valence-corrected chi connectivity index (χ4v) is 2.97. The monoisotopic (exact) mass is 328 g/mol. The van der Waals surface area contributed by atoms with Crippen LogP contribution in [-0.2, 0) is 5.75 Å². The van der Waals surface area contributed by atoms with E-state index in [2.05, 4.69) is 15.5 Å². The molecule has 0 saturated heterocycles. The number of thioether (sulfide) groups is 1. The summed E-state index contributed by atoms with van der Waals surface area (Å²) in [5.74, 6) is 1.79. The van der Waals surface area contributed by atoms with Gasteiger partial charge in [-0.2, -0.15) is 4.68 Å². The highest BCUT2D eigenvalue weighted by Gasteiger charge is 2.11. The van der Waals surface area contributed by atoms with Gasteiger partial charge >= 0.3 is 0 Å². The van der Waals surface area contributed by atoms with Crippen molar-refractivity contribution in [1.82, 2.24) is 20.2 Å². The highest BCUT2D eigenvalue weighted by molar-refractivity contribution is 7.98. The molecule has 6 nitrogen and oxygen atoms in total. The molecule has 0 fully saturated rings. The Morgan fingerprint density at radius 1 is 1.13 bits per heavy atom. The van der Waals surface area contributed by atoms with Gasteiger partial charge < -0.3 is 9.84 Å². The summed E-state index contributed by atoms with van der Waals surface area (Å²) >= 11 is 1.53. The molecule has 0 bridgehead atoms. The average Bonchev–Trinajstić information content (AvgIpc) is 3.03. The van der Waals surface area contributed by atoms with Gasteiger partial charge in [0.2, 0.25) is 5.16 Å². The molecule has 1 heterocycles. The molecule has 7 heteroatoms. The number of benzene rings is 2. The van der Waals surface area contributed by atoms with Crippen molar-refractivity contribution in [3.05, 3.63) is 54.1 Å². The second-order valence-corrected chi connectivity index (χ2v) is 5.66. The molecule has 2 aromatic carbocycles. The predicted molar refractivity (Wildman–Crippen MR) is 88.0 cm³/mol. The number of phenolic OH excluding ortho intramolecular Hbond substituents is 1. The molecule has 0 atom stereocenters. The highest BCUT2D eigenvalue weighted by Crippen LogP contribution is 2.27. The van der Waals surface area contributed by atoms with E-state index < -0.39 is 0 Å². The molecule has 3 rings (SSSR count). The Morgan fingerprint density at radius 3 is 2.70 bits per heavy atom. The molecule has 0 unspecified atom stereocenters. The maximum Gasteiger partial charge on any atom is 0.214 e. The van der Waals surface area contributed by atoms with Crippen molar-refractivity contribution < 1.29 is 9.84 Å². The maximum atomic E-state index is 9.38. The van der Waals surface area contributed by atoms with Crippen LogP contribution in [0.3, 0.4) is 0 Å². The van der Waals surface area contributed by atoms with E-state index in [0.717, 1.165) is 17.0 Å². The maximum absolute atomic E-state index is 9.38. The lowest BCUT2D eigenvalue weighted by Gasteiger charge is -2.09. The van der Waals surface area contributed by atoms with Gasteiger partial charge in [0.05, 0.1) is 12.3 Å². The molecule has 23 heavy (non-hydrogen) atoms. The zero-order chi connectivity index (χ0) is 16.1. The SMILES string of the molecule is CCOc1ccccc1CSc1nnnn1-c1ccc(O)cc1. The van der Waals surface area contributed by atoms with Crippen LogP contribution in [0.25, 0.3) is 5.69 Å². The smallest absolute Gasteiger partial charge is 0.214 e. The fraction of sp³-hybridized carbons (Fsp3) is 0.188. The quantitative estimate of drug-likeness (QED) is 0.701. The van der Waals surface area contributed by atoms with E-state index in [9.17, 15) is 5.11 Å². The molecule has 0 spiro atoms. The van der Waals surface area contributed by atoms with Crippen LogP contribution in [0.2, 0.25) is 0 Å². The standard InChI is InChI=1S/C16H16N4O2S/c1-2-22-15-6-4-3-5-12(15)11-23-16-17-18-19-20(16)13-7-9-14(21)10-8-13/h3-10,21H,2,11H2,1H3. The summed E-state index contributed by atoms with van der Waals surface area (Å²) in [6.45, 7) is 2.60.